The van der Waals surface area contributed by atoms with E-state index in [0.29, 0.717) is 58.0 Å². The molecule has 1 aliphatic heterocycles. The number of benzene rings is 1. The molecular formula is C34H50N10O4. The van der Waals surface area contributed by atoms with E-state index < -0.39 is 0 Å². The summed E-state index contributed by atoms with van der Waals surface area (Å²) in [4.78, 5) is 73.9. The van der Waals surface area contributed by atoms with E-state index in [4.69, 9.17) is 0 Å². The van der Waals surface area contributed by atoms with Gasteiger partial charge in [0.15, 0.2) is 0 Å². The van der Waals surface area contributed by atoms with Crippen molar-refractivity contribution in [2.75, 3.05) is 126 Å². The fourth-order valence-corrected chi connectivity index (χ4v) is 5.46. The van der Waals surface area contributed by atoms with Crippen LogP contribution >= 0.6 is 0 Å². The van der Waals surface area contributed by atoms with Crippen molar-refractivity contribution in [2.45, 2.75) is 0 Å². The molecule has 3 heterocycles. The number of anilines is 1. The molecule has 1 saturated heterocycles. The van der Waals surface area contributed by atoms with Crippen LogP contribution in [0.5, 0.6) is 0 Å². The molecule has 0 unspecified atom stereocenters. The first-order valence-electron chi connectivity index (χ1n) is 16.3. The van der Waals surface area contributed by atoms with Gasteiger partial charge in [0.25, 0.3) is 0 Å². The highest BCUT2D eigenvalue weighted by molar-refractivity contribution is 6.09. The molecule has 0 aliphatic carbocycles. The first kappa shape index (κ1) is 36.6. The number of hydrogen-bond donors (Lipinski definition) is 1. The maximum Gasteiger partial charge on any atom is 0.238 e. The molecule has 3 aromatic rings. The van der Waals surface area contributed by atoms with Crippen LogP contribution in [0.2, 0.25) is 0 Å². The lowest BCUT2D eigenvalue weighted by Gasteiger charge is -2.34. The van der Waals surface area contributed by atoms with Crippen LogP contribution in [0, 0.1) is 0 Å². The molecule has 48 heavy (non-hydrogen) atoms. The molecule has 14 nitrogen and oxygen atoms in total. The molecule has 2 aromatic heterocycles. The van der Waals surface area contributed by atoms with Crippen LogP contribution in [0.1, 0.15) is 0 Å². The molecular weight excluding hydrogens is 612 g/mol. The van der Waals surface area contributed by atoms with Crippen molar-refractivity contribution in [1.29, 1.82) is 0 Å². The second-order valence-electron chi connectivity index (χ2n) is 12.9. The van der Waals surface area contributed by atoms with Gasteiger partial charge in [0.05, 0.1) is 42.9 Å². The van der Waals surface area contributed by atoms with Crippen molar-refractivity contribution in [2.24, 2.45) is 0 Å². The summed E-state index contributed by atoms with van der Waals surface area (Å²) in [7, 11) is 10.4. The van der Waals surface area contributed by atoms with Gasteiger partial charge in [-0.05, 0) is 18.2 Å². The van der Waals surface area contributed by atoms with E-state index in [0.717, 1.165) is 21.8 Å². The molecule has 4 amide bonds. The summed E-state index contributed by atoms with van der Waals surface area (Å²) in [5, 5.41) is 4.88. The Balaban J connectivity index is 1.54. The number of nitrogens with zero attached hydrogens (tertiary/aromatic N) is 9. The number of amides is 4. The third-order valence-corrected chi connectivity index (χ3v) is 8.63. The molecule has 0 bridgehead atoms. The van der Waals surface area contributed by atoms with Crippen LogP contribution in [0.25, 0.3) is 21.8 Å². The Hall–Kier alpha value is -4.24. The number of carbonyl (C=O) groups excluding carboxylic acids is 4. The highest BCUT2D eigenvalue weighted by Gasteiger charge is 2.23. The van der Waals surface area contributed by atoms with Gasteiger partial charge in [0.2, 0.25) is 23.6 Å². The van der Waals surface area contributed by atoms with Crippen LogP contribution in [-0.4, -0.2) is 189 Å². The Labute approximate surface area is 283 Å². The van der Waals surface area contributed by atoms with Crippen molar-refractivity contribution >= 4 is 51.1 Å². The van der Waals surface area contributed by atoms with E-state index in [1.165, 1.54) is 0 Å². The van der Waals surface area contributed by atoms with Gasteiger partial charge < -0.3 is 20.0 Å². The van der Waals surface area contributed by atoms with Crippen LogP contribution in [0.15, 0.2) is 42.7 Å². The minimum absolute atomic E-state index is 0.00227. The molecule has 1 N–H and O–H groups in total. The first-order chi connectivity index (χ1) is 22.9. The molecule has 1 aliphatic rings. The van der Waals surface area contributed by atoms with Gasteiger partial charge in [0, 0.05) is 118 Å². The maximum absolute atomic E-state index is 13.6. The zero-order valence-corrected chi connectivity index (χ0v) is 29.2. The summed E-state index contributed by atoms with van der Waals surface area (Å²) < 4.78 is 0. The second-order valence-corrected chi connectivity index (χ2v) is 12.9. The van der Waals surface area contributed by atoms with Gasteiger partial charge in [-0.1, -0.05) is 12.1 Å². The molecule has 1 aromatic carbocycles. The predicted molar refractivity (Wildman–Crippen MR) is 188 cm³/mol. The quantitative estimate of drug-likeness (QED) is 0.318. The van der Waals surface area contributed by atoms with E-state index in [1.54, 1.807) is 75.4 Å². The number of pyridine rings is 2. The number of rotatable bonds is 9. The molecule has 0 radical (unpaired) electrons. The first-order valence-corrected chi connectivity index (χ1v) is 16.3. The lowest BCUT2D eigenvalue weighted by atomic mass is 10.1. The number of nitrogens with one attached hydrogen (secondary N) is 1. The third kappa shape index (κ3) is 10.4. The van der Waals surface area contributed by atoms with Crippen LogP contribution < -0.4 is 5.32 Å². The summed E-state index contributed by atoms with van der Waals surface area (Å²) >= 11 is 0. The van der Waals surface area contributed by atoms with Crippen LogP contribution in [-0.2, 0) is 19.2 Å². The van der Waals surface area contributed by atoms with Crippen molar-refractivity contribution in [3.8, 4) is 0 Å². The molecule has 260 valence electrons. The highest BCUT2D eigenvalue weighted by atomic mass is 16.2. The van der Waals surface area contributed by atoms with Crippen LogP contribution in [0.3, 0.4) is 0 Å². The van der Waals surface area contributed by atoms with E-state index in [1.807, 2.05) is 24.3 Å². The smallest absolute Gasteiger partial charge is 0.238 e. The minimum Gasteiger partial charge on any atom is -0.348 e. The molecule has 14 heteroatoms. The zero-order valence-electron chi connectivity index (χ0n) is 29.2. The monoisotopic (exact) mass is 662 g/mol. The van der Waals surface area contributed by atoms with E-state index in [2.05, 4.69) is 34.9 Å². The molecule has 0 saturated carbocycles. The zero-order chi connectivity index (χ0) is 34.8. The number of hydrogen-bond acceptors (Lipinski definition) is 10. The van der Waals surface area contributed by atoms with E-state index in [9.17, 15) is 19.2 Å². The fraction of sp³-hybridized carbons (Fsp3) is 0.529. The second kappa shape index (κ2) is 17.2. The summed E-state index contributed by atoms with van der Waals surface area (Å²) in [6.07, 6.45) is 3.41. The van der Waals surface area contributed by atoms with E-state index in [-0.39, 0.29) is 49.8 Å². The van der Waals surface area contributed by atoms with Crippen molar-refractivity contribution in [3.05, 3.63) is 42.7 Å². The Kier molecular flexibility index (Phi) is 13.1. The molecule has 0 atom stereocenters. The Morgan fingerprint density at radius 3 is 1.48 bits per heavy atom. The number of fused-ring (bicyclic) bond motifs is 3. The van der Waals surface area contributed by atoms with Gasteiger partial charge >= 0.3 is 0 Å². The minimum atomic E-state index is -0.170. The van der Waals surface area contributed by atoms with Gasteiger partial charge in [-0.3, -0.25) is 48.7 Å². The van der Waals surface area contributed by atoms with Gasteiger partial charge in [-0.2, -0.15) is 0 Å². The Morgan fingerprint density at radius 2 is 1.02 bits per heavy atom. The average Bonchev–Trinajstić information content (AvgIpc) is 3.05. The highest BCUT2D eigenvalue weighted by Crippen LogP contribution is 2.27. The van der Waals surface area contributed by atoms with Crippen molar-refractivity contribution in [1.82, 2.24) is 44.3 Å². The normalized spacial score (nSPS) is 16.2. The standard InChI is InChI=1S/C34H50N10O4/c1-38(2)30(46)23-42-16-14-41(15-17-43(24-31(47)39(3)4)19-21-44(20-18-42)25-32(48)40(5)6)22-29(45)37-28-11-13-36-34-27(28)10-9-26-8-7-12-35-33(26)34/h7-13H,14-25H2,1-6H3,(H,36,37,45). The summed E-state index contributed by atoms with van der Waals surface area (Å²) in [6.45, 7) is 5.31. The lowest BCUT2D eigenvalue weighted by Crippen LogP contribution is -2.51. The third-order valence-electron chi connectivity index (χ3n) is 8.63. The maximum atomic E-state index is 13.6. The number of aromatic nitrogens is 2. The lowest BCUT2D eigenvalue weighted by molar-refractivity contribution is -0.132. The molecule has 0 spiro atoms. The average molecular weight is 663 g/mol. The number of likely N-dealkylation sites (N-methyl/N-ethyl adjacent to an activating group) is 3. The SMILES string of the molecule is CN(C)C(=O)CN1CCN(CC(=O)Nc2ccnc3c2ccc2cccnc23)CCN(CC(=O)N(C)C)CCN(CC(=O)N(C)C)CC1. The largest absolute Gasteiger partial charge is 0.348 e. The molecule has 4 rings (SSSR count). The fourth-order valence-electron chi connectivity index (χ4n) is 5.46. The summed E-state index contributed by atoms with van der Waals surface area (Å²) in [5.74, 6) is -0.196. The topological polar surface area (TPSA) is 129 Å². The van der Waals surface area contributed by atoms with Gasteiger partial charge in [0.1, 0.15) is 0 Å². The molecule has 1 fully saturated rings. The van der Waals surface area contributed by atoms with Crippen molar-refractivity contribution in [3.63, 3.8) is 0 Å². The van der Waals surface area contributed by atoms with E-state index >= 15 is 0 Å². The van der Waals surface area contributed by atoms with Gasteiger partial charge in [-0.25, -0.2) is 0 Å². The Morgan fingerprint density at radius 1 is 0.583 bits per heavy atom. The summed E-state index contributed by atoms with van der Waals surface area (Å²) in [5.41, 5.74) is 2.16. The van der Waals surface area contributed by atoms with Crippen molar-refractivity contribution < 1.29 is 19.2 Å². The van der Waals surface area contributed by atoms with Crippen LogP contribution in [0.4, 0.5) is 5.69 Å². The summed E-state index contributed by atoms with van der Waals surface area (Å²) in [6, 6.07) is 9.59. The predicted octanol–water partition coefficient (Wildman–Crippen LogP) is 0.208. The Bertz CT molecular complexity index is 1540. The van der Waals surface area contributed by atoms with Gasteiger partial charge in [-0.15, -0.1) is 0 Å². The number of carbonyl (C=O) groups is 4.